The maximum absolute atomic E-state index is 12.3. The Labute approximate surface area is 173 Å². The number of piperidine rings is 1. The Hall–Kier alpha value is -2.02. The number of nitrogens with zero attached hydrogens (tertiary/aromatic N) is 6. The third-order valence-electron chi connectivity index (χ3n) is 6.32. The minimum absolute atomic E-state index is 0.00609. The van der Waals surface area contributed by atoms with Crippen LogP contribution < -0.4 is 5.56 Å². The largest absolute Gasteiger partial charge is 0.314 e. The monoisotopic (exact) mass is 398 g/mol. The van der Waals surface area contributed by atoms with E-state index in [0.29, 0.717) is 5.92 Å². The molecule has 1 fully saturated rings. The SMILES string of the molecule is CC(C)(C)c1ccc(=O)n(CC2CCN(Cc3nnc4n3CCCCC4)CC2)n1. The molecule has 2 aliphatic heterocycles. The van der Waals surface area contributed by atoms with Gasteiger partial charge >= 0.3 is 0 Å². The van der Waals surface area contributed by atoms with Crippen LogP contribution in [0.3, 0.4) is 0 Å². The van der Waals surface area contributed by atoms with Crippen LogP contribution in [-0.2, 0) is 31.5 Å². The Morgan fingerprint density at radius 2 is 1.83 bits per heavy atom. The first-order valence-electron chi connectivity index (χ1n) is 11.1. The summed E-state index contributed by atoms with van der Waals surface area (Å²) in [5.74, 6) is 2.79. The summed E-state index contributed by atoms with van der Waals surface area (Å²) in [6, 6.07) is 3.53. The number of aromatic nitrogens is 5. The number of hydrogen-bond acceptors (Lipinski definition) is 5. The highest BCUT2D eigenvalue weighted by atomic mass is 16.1. The predicted octanol–water partition coefficient (Wildman–Crippen LogP) is 2.77. The van der Waals surface area contributed by atoms with Gasteiger partial charge in [0, 0.05) is 31.0 Å². The van der Waals surface area contributed by atoms with Gasteiger partial charge in [0.1, 0.15) is 11.6 Å². The van der Waals surface area contributed by atoms with Gasteiger partial charge in [-0.2, -0.15) is 5.10 Å². The Morgan fingerprint density at radius 1 is 1.03 bits per heavy atom. The number of aryl methyl sites for hydroxylation is 1. The molecule has 0 aliphatic carbocycles. The molecule has 0 spiro atoms. The highest BCUT2D eigenvalue weighted by molar-refractivity contribution is 5.10. The van der Waals surface area contributed by atoms with E-state index in [1.54, 1.807) is 10.7 Å². The van der Waals surface area contributed by atoms with E-state index in [1.807, 2.05) is 6.07 Å². The van der Waals surface area contributed by atoms with Crippen LogP contribution in [0.25, 0.3) is 0 Å². The van der Waals surface area contributed by atoms with Gasteiger partial charge in [-0.3, -0.25) is 9.69 Å². The zero-order valence-corrected chi connectivity index (χ0v) is 18.1. The number of hydrogen-bond donors (Lipinski definition) is 0. The van der Waals surface area contributed by atoms with Crippen molar-refractivity contribution >= 4 is 0 Å². The van der Waals surface area contributed by atoms with E-state index in [2.05, 4.69) is 45.5 Å². The summed E-state index contributed by atoms with van der Waals surface area (Å²) in [5.41, 5.74) is 0.934. The fraction of sp³-hybridized carbons (Fsp3) is 0.727. The molecule has 0 bridgehead atoms. The molecule has 0 aromatic carbocycles. The van der Waals surface area contributed by atoms with Crippen LogP contribution in [-0.4, -0.2) is 42.5 Å². The summed E-state index contributed by atoms with van der Waals surface area (Å²) in [6.45, 7) is 11.2. The van der Waals surface area contributed by atoms with Gasteiger partial charge in [0.2, 0.25) is 0 Å². The standard InChI is InChI=1S/C22H34N6O/c1-22(2,3)18-8-9-21(29)28(25-18)15-17-10-13-26(14-11-17)16-20-24-23-19-7-5-4-6-12-27(19)20/h8-9,17H,4-7,10-16H2,1-3H3. The summed E-state index contributed by atoms with van der Waals surface area (Å²) in [6.07, 6.45) is 7.00. The average Bonchev–Trinajstić information content (AvgIpc) is 2.90. The van der Waals surface area contributed by atoms with E-state index in [1.165, 1.54) is 19.3 Å². The maximum Gasteiger partial charge on any atom is 0.266 e. The zero-order valence-electron chi connectivity index (χ0n) is 18.1. The lowest BCUT2D eigenvalue weighted by atomic mass is 9.92. The van der Waals surface area contributed by atoms with E-state index in [-0.39, 0.29) is 11.0 Å². The highest BCUT2D eigenvalue weighted by Crippen LogP contribution is 2.22. The maximum atomic E-state index is 12.3. The topological polar surface area (TPSA) is 68.8 Å². The smallest absolute Gasteiger partial charge is 0.266 e. The quantitative estimate of drug-likeness (QED) is 0.792. The minimum atomic E-state index is -0.0466. The van der Waals surface area contributed by atoms with Gasteiger partial charge < -0.3 is 4.57 Å². The molecule has 7 heteroatoms. The van der Waals surface area contributed by atoms with Crippen LogP contribution in [0, 0.1) is 5.92 Å². The average molecular weight is 399 g/mol. The molecular weight excluding hydrogens is 364 g/mol. The second-order valence-electron chi connectivity index (χ2n) is 9.70. The van der Waals surface area contributed by atoms with E-state index < -0.39 is 0 Å². The third kappa shape index (κ3) is 4.77. The summed E-state index contributed by atoms with van der Waals surface area (Å²) < 4.78 is 4.03. The van der Waals surface area contributed by atoms with Crippen molar-refractivity contribution in [3.05, 3.63) is 39.8 Å². The molecule has 29 heavy (non-hydrogen) atoms. The molecule has 0 atom stereocenters. The van der Waals surface area contributed by atoms with Crippen molar-refractivity contribution in [1.82, 2.24) is 29.4 Å². The Bertz CT molecular complexity index is 885. The van der Waals surface area contributed by atoms with Crippen molar-refractivity contribution in [2.24, 2.45) is 5.92 Å². The number of fused-ring (bicyclic) bond motifs is 1. The third-order valence-corrected chi connectivity index (χ3v) is 6.32. The van der Waals surface area contributed by atoms with Crippen molar-refractivity contribution in [2.75, 3.05) is 13.1 Å². The molecule has 0 unspecified atom stereocenters. The molecule has 4 heterocycles. The second kappa shape index (κ2) is 8.38. The minimum Gasteiger partial charge on any atom is -0.314 e. The molecule has 2 aromatic rings. The molecule has 2 aromatic heterocycles. The first kappa shape index (κ1) is 20.3. The van der Waals surface area contributed by atoms with E-state index in [4.69, 9.17) is 0 Å². The number of rotatable bonds is 4. The molecule has 0 radical (unpaired) electrons. The summed E-state index contributed by atoms with van der Waals surface area (Å²) in [5, 5.41) is 13.6. The molecule has 158 valence electrons. The van der Waals surface area contributed by atoms with Crippen LogP contribution in [0.2, 0.25) is 0 Å². The first-order chi connectivity index (χ1) is 13.9. The molecular formula is C22H34N6O. The van der Waals surface area contributed by atoms with Gasteiger partial charge in [0.25, 0.3) is 5.56 Å². The number of likely N-dealkylation sites (tertiary alicyclic amines) is 1. The normalized spacial score (nSPS) is 19.1. The van der Waals surface area contributed by atoms with Crippen LogP contribution in [0.5, 0.6) is 0 Å². The Morgan fingerprint density at radius 3 is 2.59 bits per heavy atom. The van der Waals surface area contributed by atoms with Crippen molar-refractivity contribution < 1.29 is 0 Å². The lowest BCUT2D eigenvalue weighted by Gasteiger charge is -2.31. The van der Waals surface area contributed by atoms with Gasteiger partial charge in [0.15, 0.2) is 0 Å². The fourth-order valence-electron chi connectivity index (χ4n) is 4.41. The molecule has 2 aliphatic rings. The fourth-order valence-corrected chi connectivity index (χ4v) is 4.41. The first-order valence-corrected chi connectivity index (χ1v) is 11.1. The van der Waals surface area contributed by atoms with E-state index >= 15 is 0 Å². The van der Waals surface area contributed by atoms with E-state index in [9.17, 15) is 4.79 Å². The molecule has 7 nitrogen and oxygen atoms in total. The second-order valence-corrected chi connectivity index (χ2v) is 9.70. The van der Waals surface area contributed by atoms with Crippen LogP contribution in [0.4, 0.5) is 0 Å². The van der Waals surface area contributed by atoms with Gasteiger partial charge in [-0.25, -0.2) is 4.68 Å². The molecule has 1 saturated heterocycles. The molecule has 0 saturated carbocycles. The lowest BCUT2D eigenvalue weighted by molar-refractivity contribution is 0.158. The summed E-state index contributed by atoms with van der Waals surface area (Å²) in [4.78, 5) is 14.8. The van der Waals surface area contributed by atoms with Crippen molar-refractivity contribution in [3.8, 4) is 0 Å². The summed E-state index contributed by atoms with van der Waals surface area (Å²) >= 11 is 0. The molecule has 0 N–H and O–H groups in total. The van der Waals surface area contributed by atoms with Gasteiger partial charge in [-0.05, 0) is 50.8 Å². The zero-order chi connectivity index (χ0) is 20.4. The Kier molecular flexibility index (Phi) is 5.86. The summed E-state index contributed by atoms with van der Waals surface area (Å²) in [7, 11) is 0. The van der Waals surface area contributed by atoms with Gasteiger partial charge in [0.05, 0.1) is 12.2 Å². The van der Waals surface area contributed by atoms with Gasteiger partial charge in [-0.1, -0.05) is 27.2 Å². The Balaban J connectivity index is 1.35. The lowest BCUT2D eigenvalue weighted by Crippen LogP contribution is -2.37. The van der Waals surface area contributed by atoms with Crippen LogP contribution in [0.1, 0.15) is 70.2 Å². The van der Waals surface area contributed by atoms with Crippen LogP contribution in [0.15, 0.2) is 16.9 Å². The van der Waals surface area contributed by atoms with Gasteiger partial charge in [-0.15, -0.1) is 10.2 Å². The molecule has 4 rings (SSSR count). The highest BCUT2D eigenvalue weighted by Gasteiger charge is 2.24. The van der Waals surface area contributed by atoms with Crippen molar-refractivity contribution in [3.63, 3.8) is 0 Å². The van der Waals surface area contributed by atoms with Crippen molar-refractivity contribution in [2.45, 2.75) is 84.3 Å². The predicted molar refractivity (Wildman–Crippen MR) is 113 cm³/mol. The molecule has 0 amide bonds. The van der Waals surface area contributed by atoms with Crippen molar-refractivity contribution in [1.29, 1.82) is 0 Å². The van der Waals surface area contributed by atoms with Crippen LogP contribution >= 0.6 is 0 Å². The van der Waals surface area contributed by atoms with E-state index in [0.717, 1.165) is 69.3 Å².